The van der Waals surface area contributed by atoms with Gasteiger partial charge < -0.3 is 5.32 Å². The van der Waals surface area contributed by atoms with E-state index in [9.17, 15) is 27.2 Å². The molecule has 2 aromatic rings. The lowest BCUT2D eigenvalue weighted by Gasteiger charge is -2.20. The number of carbonyl (C=O) groups excluding carboxylic acids is 2. The number of carbonyl (C=O) groups is 2. The average molecular weight is 439 g/mol. The molecule has 0 aromatic carbocycles. The zero-order chi connectivity index (χ0) is 21.2. The fourth-order valence-corrected chi connectivity index (χ4v) is 2.55. The number of alkyl halides is 3. The number of amides is 3. The van der Waals surface area contributed by atoms with E-state index >= 15 is 0 Å². The first-order valence-corrected chi connectivity index (χ1v) is 8.33. The predicted molar refractivity (Wildman–Crippen MR) is 94.1 cm³/mol. The maximum Gasteiger partial charge on any atom is 0.397 e. The molecule has 0 spiro atoms. The molecule has 12 heteroatoms. The van der Waals surface area contributed by atoms with Gasteiger partial charge in [-0.2, -0.15) is 13.2 Å². The van der Waals surface area contributed by atoms with Gasteiger partial charge in [0, 0.05) is 6.20 Å². The Bertz CT molecular complexity index is 938. The molecule has 2 heterocycles. The second-order valence-electron chi connectivity index (χ2n) is 5.66. The minimum atomic E-state index is -4.59. The van der Waals surface area contributed by atoms with Crippen LogP contribution in [0, 0.1) is 12.7 Å². The summed E-state index contributed by atoms with van der Waals surface area (Å²) in [5.74, 6) is -4.14. The summed E-state index contributed by atoms with van der Waals surface area (Å²) in [7, 11) is 0. The summed E-state index contributed by atoms with van der Waals surface area (Å²) < 4.78 is 52.6. The fraction of sp³-hybridized carbons (Fsp3) is 0.250. The zero-order valence-corrected chi connectivity index (χ0v) is 15.8. The van der Waals surface area contributed by atoms with Crippen molar-refractivity contribution in [1.82, 2.24) is 15.3 Å². The highest BCUT2D eigenvalue weighted by atomic mass is 35.5. The Labute approximate surface area is 166 Å². The summed E-state index contributed by atoms with van der Waals surface area (Å²) in [6.45, 7) is 2.35. The second-order valence-corrected chi connectivity index (χ2v) is 6.38. The Morgan fingerprint density at radius 1 is 1.21 bits per heavy atom. The number of rotatable bonds is 3. The van der Waals surface area contributed by atoms with Crippen LogP contribution >= 0.6 is 23.2 Å². The third-order valence-electron chi connectivity index (χ3n) is 3.69. The molecule has 2 N–H and O–H groups in total. The van der Waals surface area contributed by atoms with E-state index in [-0.39, 0.29) is 5.69 Å². The first-order chi connectivity index (χ1) is 12.9. The molecule has 0 saturated heterocycles. The maximum atomic E-state index is 13.5. The molecule has 6 nitrogen and oxygen atoms in total. The van der Waals surface area contributed by atoms with Gasteiger partial charge in [-0.25, -0.2) is 14.2 Å². The molecule has 28 heavy (non-hydrogen) atoms. The minimum absolute atomic E-state index is 0.205. The van der Waals surface area contributed by atoms with Gasteiger partial charge in [0.05, 0.1) is 22.9 Å². The first-order valence-electron chi connectivity index (χ1n) is 7.58. The van der Waals surface area contributed by atoms with Crippen molar-refractivity contribution in [3.05, 3.63) is 51.3 Å². The average Bonchev–Trinajstić information content (AvgIpc) is 2.58. The molecule has 2 aromatic heterocycles. The van der Waals surface area contributed by atoms with Gasteiger partial charge in [-0.05, 0) is 31.5 Å². The summed E-state index contributed by atoms with van der Waals surface area (Å²) in [5.41, 5.74) is -0.817. The Balaban J connectivity index is 2.25. The Morgan fingerprint density at radius 2 is 1.86 bits per heavy atom. The molecule has 0 aliphatic carbocycles. The van der Waals surface area contributed by atoms with Gasteiger partial charge in [-0.1, -0.05) is 23.2 Å². The molecule has 0 aliphatic heterocycles. The van der Waals surface area contributed by atoms with E-state index in [1.165, 1.54) is 19.2 Å². The number of hydrogen-bond donors (Lipinski definition) is 2. The van der Waals surface area contributed by atoms with Crippen LogP contribution in [0.3, 0.4) is 0 Å². The van der Waals surface area contributed by atoms with Crippen LogP contribution in [0.15, 0.2) is 18.3 Å². The third-order valence-corrected chi connectivity index (χ3v) is 4.24. The van der Waals surface area contributed by atoms with Gasteiger partial charge in [-0.15, -0.1) is 0 Å². The summed E-state index contributed by atoms with van der Waals surface area (Å²) in [6.07, 6.45) is -3.42. The third kappa shape index (κ3) is 4.87. The Kier molecular flexibility index (Phi) is 6.45. The Morgan fingerprint density at radius 3 is 2.46 bits per heavy atom. The van der Waals surface area contributed by atoms with E-state index in [4.69, 9.17) is 23.2 Å². The molecule has 1 atom stereocenters. The van der Waals surface area contributed by atoms with Gasteiger partial charge in [0.2, 0.25) is 0 Å². The molecule has 0 bridgehead atoms. The smallest absolute Gasteiger partial charge is 0.306 e. The molecular formula is C16H12Cl2F4N4O2. The molecule has 2 rings (SSSR count). The van der Waals surface area contributed by atoms with Crippen LogP contribution in [-0.4, -0.2) is 28.1 Å². The SMILES string of the molecule is Cc1ccnc(C(C)C(F)(F)F)c1NC(=O)NC(=O)c1cc(F)c(Cl)nc1Cl. The van der Waals surface area contributed by atoms with E-state index in [1.54, 1.807) is 0 Å². The number of aromatic nitrogens is 2. The van der Waals surface area contributed by atoms with E-state index in [0.717, 1.165) is 6.92 Å². The van der Waals surface area contributed by atoms with E-state index in [0.29, 0.717) is 11.6 Å². The lowest BCUT2D eigenvalue weighted by Crippen LogP contribution is -2.35. The van der Waals surface area contributed by atoms with Crippen molar-refractivity contribution in [2.45, 2.75) is 25.9 Å². The zero-order valence-electron chi connectivity index (χ0n) is 14.3. The van der Waals surface area contributed by atoms with Gasteiger partial charge in [0.15, 0.2) is 11.0 Å². The topological polar surface area (TPSA) is 84.0 Å². The first kappa shape index (κ1) is 21.8. The number of anilines is 1. The lowest BCUT2D eigenvalue weighted by atomic mass is 10.0. The van der Waals surface area contributed by atoms with Crippen LogP contribution in [0.5, 0.6) is 0 Å². The number of hydrogen-bond acceptors (Lipinski definition) is 4. The number of nitrogens with zero attached hydrogens (tertiary/aromatic N) is 2. The lowest BCUT2D eigenvalue weighted by molar-refractivity contribution is -0.146. The quantitative estimate of drug-likeness (QED) is 0.529. The van der Waals surface area contributed by atoms with Crippen molar-refractivity contribution in [3.8, 4) is 0 Å². The fourth-order valence-electron chi connectivity index (χ4n) is 2.15. The molecule has 0 aliphatic rings. The molecule has 0 fully saturated rings. The summed E-state index contributed by atoms with van der Waals surface area (Å²) in [6, 6.07) is 0.898. The van der Waals surface area contributed by atoms with Crippen molar-refractivity contribution >= 4 is 40.8 Å². The number of halogens is 6. The van der Waals surface area contributed by atoms with E-state index in [2.05, 4.69) is 15.3 Å². The van der Waals surface area contributed by atoms with Crippen molar-refractivity contribution in [3.63, 3.8) is 0 Å². The van der Waals surface area contributed by atoms with Crippen molar-refractivity contribution < 1.29 is 27.2 Å². The predicted octanol–water partition coefficient (Wildman–Crippen LogP) is 4.86. The maximum absolute atomic E-state index is 13.5. The summed E-state index contributed by atoms with van der Waals surface area (Å²) >= 11 is 11.1. The monoisotopic (exact) mass is 438 g/mol. The standard InChI is InChI=1S/C16H12Cl2F4N4O2/c1-6-3-4-23-11(7(2)16(20,21)22)10(6)24-15(28)26-14(27)8-5-9(19)13(18)25-12(8)17/h3-5,7H,1-2H3,(H2,24,26,27,28). The van der Waals surface area contributed by atoms with Gasteiger partial charge in [-0.3, -0.25) is 15.1 Å². The van der Waals surface area contributed by atoms with Crippen molar-refractivity contribution in [1.29, 1.82) is 0 Å². The highest BCUT2D eigenvalue weighted by Gasteiger charge is 2.39. The highest BCUT2D eigenvalue weighted by Crippen LogP contribution is 2.37. The molecule has 150 valence electrons. The van der Waals surface area contributed by atoms with Gasteiger partial charge in [0.1, 0.15) is 5.15 Å². The number of pyridine rings is 2. The van der Waals surface area contributed by atoms with Crippen molar-refractivity contribution in [2.75, 3.05) is 5.32 Å². The van der Waals surface area contributed by atoms with Gasteiger partial charge in [0.25, 0.3) is 5.91 Å². The van der Waals surface area contributed by atoms with Crippen molar-refractivity contribution in [2.24, 2.45) is 0 Å². The summed E-state index contributed by atoms with van der Waals surface area (Å²) in [5, 5.41) is 2.97. The van der Waals surface area contributed by atoms with Crippen LogP contribution < -0.4 is 10.6 Å². The Hall–Kier alpha value is -2.46. The van der Waals surface area contributed by atoms with Crippen LogP contribution in [-0.2, 0) is 0 Å². The van der Waals surface area contributed by atoms with Crippen LogP contribution in [0.25, 0.3) is 0 Å². The van der Waals surface area contributed by atoms with E-state index < -0.39 is 51.4 Å². The second kappa shape index (κ2) is 8.27. The molecule has 0 saturated carbocycles. The highest BCUT2D eigenvalue weighted by molar-refractivity contribution is 6.35. The van der Waals surface area contributed by atoms with Crippen LogP contribution in [0.4, 0.5) is 28.0 Å². The minimum Gasteiger partial charge on any atom is -0.306 e. The number of aryl methyl sites for hydroxylation is 1. The van der Waals surface area contributed by atoms with Gasteiger partial charge >= 0.3 is 12.2 Å². The number of imide groups is 1. The summed E-state index contributed by atoms with van der Waals surface area (Å²) in [4.78, 5) is 31.3. The molecule has 3 amide bonds. The normalized spacial score (nSPS) is 12.4. The molecule has 0 radical (unpaired) electrons. The van der Waals surface area contributed by atoms with Crippen LogP contribution in [0.2, 0.25) is 10.3 Å². The largest absolute Gasteiger partial charge is 0.397 e. The number of nitrogens with one attached hydrogen (secondary N) is 2. The molecular weight excluding hydrogens is 427 g/mol. The van der Waals surface area contributed by atoms with Crippen LogP contribution in [0.1, 0.15) is 34.5 Å². The van der Waals surface area contributed by atoms with E-state index in [1.807, 2.05) is 5.32 Å². The molecule has 1 unspecified atom stereocenters. The number of urea groups is 1.